The van der Waals surface area contributed by atoms with Gasteiger partial charge in [-0.05, 0) is 33.1 Å². The van der Waals surface area contributed by atoms with E-state index in [0.717, 1.165) is 43.8 Å². The normalized spacial score (nSPS) is 14.6. The molecule has 1 N–H and O–H groups in total. The summed E-state index contributed by atoms with van der Waals surface area (Å²) in [6.45, 7) is 9.16. The van der Waals surface area contributed by atoms with E-state index in [1.165, 1.54) is 12.8 Å². The second-order valence-corrected chi connectivity index (χ2v) is 4.69. The maximum Gasteiger partial charge on any atom is 0.230 e. The minimum absolute atomic E-state index is 0.560. The first-order valence-corrected chi connectivity index (χ1v) is 7.03. The summed E-state index contributed by atoms with van der Waals surface area (Å²) in [4.78, 5) is 15.8. The van der Waals surface area contributed by atoms with E-state index in [9.17, 15) is 0 Å². The third-order valence-corrected chi connectivity index (χ3v) is 3.16. The summed E-state index contributed by atoms with van der Waals surface area (Å²) in [7, 11) is 0. The average molecular weight is 249 g/mol. The van der Waals surface area contributed by atoms with E-state index in [2.05, 4.69) is 45.9 Å². The van der Waals surface area contributed by atoms with Gasteiger partial charge in [0, 0.05) is 25.6 Å². The van der Waals surface area contributed by atoms with E-state index in [4.69, 9.17) is 0 Å². The van der Waals surface area contributed by atoms with Gasteiger partial charge in [0.25, 0.3) is 0 Å². The first-order chi connectivity index (χ1) is 8.78. The van der Waals surface area contributed by atoms with Crippen LogP contribution in [0.2, 0.25) is 0 Å². The van der Waals surface area contributed by atoms with Crippen LogP contribution in [0.5, 0.6) is 0 Å². The van der Waals surface area contributed by atoms with Gasteiger partial charge in [0.2, 0.25) is 11.9 Å². The molecule has 1 fully saturated rings. The summed E-state index contributed by atoms with van der Waals surface area (Å²) in [5.41, 5.74) is 0. The highest BCUT2D eigenvalue weighted by Crippen LogP contribution is 2.38. The molecule has 0 aliphatic heterocycles. The van der Waals surface area contributed by atoms with Crippen LogP contribution in [0.1, 0.15) is 51.8 Å². The molecular formula is C13H23N5. The van der Waals surface area contributed by atoms with E-state index in [0.29, 0.717) is 5.92 Å². The van der Waals surface area contributed by atoms with Crippen molar-refractivity contribution in [2.24, 2.45) is 0 Å². The Morgan fingerprint density at radius 3 is 2.39 bits per heavy atom. The van der Waals surface area contributed by atoms with E-state index in [-0.39, 0.29) is 0 Å². The summed E-state index contributed by atoms with van der Waals surface area (Å²) in [6.07, 6.45) is 3.51. The lowest BCUT2D eigenvalue weighted by molar-refractivity contribution is 0.784. The number of rotatable bonds is 7. The van der Waals surface area contributed by atoms with Crippen molar-refractivity contribution in [1.82, 2.24) is 15.0 Å². The van der Waals surface area contributed by atoms with Crippen molar-refractivity contribution in [2.45, 2.75) is 46.0 Å². The van der Waals surface area contributed by atoms with Crippen LogP contribution in [-0.4, -0.2) is 34.6 Å². The zero-order valence-corrected chi connectivity index (χ0v) is 11.6. The Morgan fingerprint density at radius 2 is 1.83 bits per heavy atom. The number of anilines is 2. The summed E-state index contributed by atoms with van der Waals surface area (Å²) in [5, 5.41) is 3.27. The monoisotopic (exact) mass is 249 g/mol. The molecule has 100 valence electrons. The van der Waals surface area contributed by atoms with Crippen LogP contribution in [0.3, 0.4) is 0 Å². The standard InChI is InChI=1S/C13H23N5/c1-4-9-14-12-15-11(10-7-8-10)16-13(17-12)18(5-2)6-3/h10H,4-9H2,1-3H3,(H,14,15,16,17). The highest BCUT2D eigenvalue weighted by Gasteiger charge is 2.28. The Balaban J connectivity index is 2.23. The van der Waals surface area contributed by atoms with Crippen LogP contribution in [0.4, 0.5) is 11.9 Å². The molecule has 1 aromatic rings. The van der Waals surface area contributed by atoms with Crippen molar-refractivity contribution < 1.29 is 0 Å². The van der Waals surface area contributed by atoms with Crippen molar-refractivity contribution in [2.75, 3.05) is 29.9 Å². The first kappa shape index (κ1) is 13.1. The molecule has 0 aromatic carbocycles. The van der Waals surface area contributed by atoms with Gasteiger partial charge in [-0.25, -0.2) is 0 Å². The lowest BCUT2D eigenvalue weighted by Gasteiger charge is -2.19. The minimum Gasteiger partial charge on any atom is -0.354 e. The minimum atomic E-state index is 0.560. The number of nitrogens with zero attached hydrogens (tertiary/aromatic N) is 4. The van der Waals surface area contributed by atoms with Gasteiger partial charge in [0.05, 0.1) is 0 Å². The molecule has 5 heteroatoms. The Hall–Kier alpha value is -1.39. The van der Waals surface area contributed by atoms with Crippen LogP contribution in [-0.2, 0) is 0 Å². The van der Waals surface area contributed by atoms with Gasteiger partial charge >= 0.3 is 0 Å². The van der Waals surface area contributed by atoms with Gasteiger partial charge in [-0.2, -0.15) is 15.0 Å². The molecule has 1 saturated carbocycles. The predicted octanol–water partition coefficient (Wildman–Crippen LogP) is 2.42. The van der Waals surface area contributed by atoms with Gasteiger partial charge in [-0.3, -0.25) is 0 Å². The molecule has 1 aromatic heterocycles. The fourth-order valence-corrected chi connectivity index (χ4v) is 1.87. The molecule has 1 heterocycles. The number of hydrogen-bond donors (Lipinski definition) is 1. The summed E-state index contributed by atoms with van der Waals surface area (Å²) >= 11 is 0. The molecule has 0 atom stereocenters. The van der Waals surface area contributed by atoms with Crippen LogP contribution >= 0.6 is 0 Å². The van der Waals surface area contributed by atoms with E-state index in [1.807, 2.05) is 0 Å². The number of hydrogen-bond acceptors (Lipinski definition) is 5. The lowest BCUT2D eigenvalue weighted by Crippen LogP contribution is -2.25. The molecule has 5 nitrogen and oxygen atoms in total. The smallest absolute Gasteiger partial charge is 0.230 e. The Bertz CT molecular complexity index is 385. The quantitative estimate of drug-likeness (QED) is 0.804. The molecule has 18 heavy (non-hydrogen) atoms. The summed E-state index contributed by atoms with van der Waals surface area (Å²) in [6, 6.07) is 0. The second kappa shape index (κ2) is 5.98. The van der Waals surface area contributed by atoms with E-state index >= 15 is 0 Å². The molecular weight excluding hydrogens is 226 g/mol. The highest BCUT2D eigenvalue weighted by atomic mass is 15.3. The lowest BCUT2D eigenvalue weighted by atomic mass is 10.4. The molecule has 0 spiro atoms. The molecule has 2 rings (SSSR count). The number of nitrogens with one attached hydrogen (secondary N) is 1. The first-order valence-electron chi connectivity index (χ1n) is 7.03. The fourth-order valence-electron chi connectivity index (χ4n) is 1.87. The van der Waals surface area contributed by atoms with Crippen molar-refractivity contribution in [3.05, 3.63) is 5.82 Å². The van der Waals surface area contributed by atoms with Crippen molar-refractivity contribution in [3.8, 4) is 0 Å². The van der Waals surface area contributed by atoms with Gasteiger partial charge in [0.15, 0.2) is 0 Å². The molecule has 0 unspecified atom stereocenters. The summed E-state index contributed by atoms with van der Waals surface area (Å²) in [5.74, 6) is 3.07. The zero-order valence-electron chi connectivity index (χ0n) is 11.6. The van der Waals surface area contributed by atoms with Crippen molar-refractivity contribution in [1.29, 1.82) is 0 Å². The van der Waals surface area contributed by atoms with E-state index in [1.54, 1.807) is 0 Å². The van der Waals surface area contributed by atoms with Crippen LogP contribution in [0.15, 0.2) is 0 Å². The van der Waals surface area contributed by atoms with Crippen LogP contribution < -0.4 is 10.2 Å². The summed E-state index contributed by atoms with van der Waals surface area (Å²) < 4.78 is 0. The third kappa shape index (κ3) is 3.09. The second-order valence-electron chi connectivity index (χ2n) is 4.69. The topological polar surface area (TPSA) is 53.9 Å². The molecule has 0 radical (unpaired) electrons. The largest absolute Gasteiger partial charge is 0.354 e. The van der Waals surface area contributed by atoms with Crippen LogP contribution in [0.25, 0.3) is 0 Å². The van der Waals surface area contributed by atoms with Gasteiger partial charge in [0.1, 0.15) is 5.82 Å². The Labute approximate surface area is 109 Å². The van der Waals surface area contributed by atoms with Gasteiger partial charge in [-0.1, -0.05) is 6.92 Å². The molecule has 1 aliphatic carbocycles. The van der Waals surface area contributed by atoms with Crippen molar-refractivity contribution in [3.63, 3.8) is 0 Å². The van der Waals surface area contributed by atoms with Gasteiger partial charge in [-0.15, -0.1) is 0 Å². The Morgan fingerprint density at radius 1 is 1.11 bits per heavy atom. The van der Waals surface area contributed by atoms with Crippen molar-refractivity contribution >= 4 is 11.9 Å². The number of aromatic nitrogens is 3. The predicted molar refractivity (Wildman–Crippen MR) is 74.1 cm³/mol. The SMILES string of the molecule is CCCNc1nc(C2CC2)nc(N(CC)CC)n1. The fraction of sp³-hybridized carbons (Fsp3) is 0.769. The Kier molecular flexibility index (Phi) is 4.33. The molecule has 0 amide bonds. The third-order valence-electron chi connectivity index (χ3n) is 3.16. The zero-order chi connectivity index (χ0) is 13.0. The molecule has 0 bridgehead atoms. The molecule has 1 aliphatic rings. The maximum absolute atomic E-state index is 4.61. The average Bonchev–Trinajstić information content (AvgIpc) is 3.22. The maximum atomic E-state index is 4.61. The van der Waals surface area contributed by atoms with Crippen LogP contribution in [0, 0.1) is 0 Å². The van der Waals surface area contributed by atoms with E-state index < -0.39 is 0 Å². The highest BCUT2D eigenvalue weighted by molar-refractivity contribution is 5.38. The molecule has 0 saturated heterocycles. The van der Waals surface area contributed by atoms with Gasteiger partial charge < -0.3 is 10.2 Å².